The van der Waals surface area contributed by atoms with Crippen LogP contribution in [0.4, 0.5) is 0 Å². The molecule has 0 aliphatic carbocycles. The molecule has 0 amide bonds. The van der Waals surface area contributed by atoms with E-state index in [1.165, 1.54) is 45.4 Å². The van der Waals surface area contributed by atoms with Crippen molar-refractivity contribution in [3.8, 4) is 0 Å². The minimum atomic E-state index is -1.10. The molecule has 0 radical (unpaired) electrons. The molecule has 5 heteroatoms. The average molecular weight is 296 g/mol. The summed E-state index contributed by atoms with van der Waals surface area (Å²) < 4.78 is 4.75. The third-order valence-electron chi connectivity index (χ3n) is 3.14. The zero-order chi connectivity index (χ0) is 14.5. The summed E-state index contributed by atoms with van der Waals surface area (Å²) in [6.07, 6.45) is 9.99. The Hall–Kier alpha value is -0.0600. The van der Waals surface area contributed by atoms with Gasteiger partial charge >= 0.3 is 41.5 Å². The standard InChI is InChI=1S/C15H28O4.Na.H/c1-3-4-5-6-7-8-9-10-11-12-14(16)19-13(2)15(17)18;;/h13H,3-12H2,1-2H3,(H,17,18);;. The van der Waals surface area contributed by atoms with E-state index in [0.717, 1.165) is 19.3 Å². The van der Waals surface area contributed by atoms with E-state index < -0.39 is 18.0 Å². The van der Waals surface area contributed by atoms with Crippen LogP contribution >= 0.6 is 0 Å². The molecular formula is C15H29NaO4. The molecule has 0 rings (SSSR count). The van der Waals surface area contributed by atoms with Crippen LogP contribution in [0.3, 0.4) is 0 Å². The number of rotatable bonds is 12. The third-order valence-corrected chi connectivity index (χ3v) is 3.14. The van der Waals surface area contributed by atoms with E-state index in [1.807, 2.05) is 0 Å². The number of carboxylic acids is 1. The van der Waals surface area contributed by atoms with Crippen molar-refractivity contribution in [3.63, 3.8) is 0 Å². The van der Waals surface area contributed by atoms with E-state index in [9.17, 15) is 9.59 Å². The zero-order valence-electron chi connectivity index (χ0n) is 12.3. The van der Waals surface area contributed by atoms with Gasteiger partial charge in [-0.15, -0.1) is 0 Å². The Bertz CT molecular complexity index is 256. The van der Waals surface area contributed by atoms with Gasteiger partial charge in [-0.25, -0.2) is 4.79 Å². The fourth-order valence-corrected chi connectivity index (χ4v) is 1.89. The number of unbranched alkanes of at least 4 members (excludes halogenated alkanes) is 8. The van der Waals surface area contributed by atoms with E-state index >= 15 is 0 Å². The summed E-state index contributed by atoms with van der Waals surface area (Å²) in [5, 5.41) is 8.58. The monoisotopic (exact) mass is 296 g/mol. The number of hydrogen-bond donors (Lipinski definition) is 1. The molecule has 0 spiro atoms. The Kier molecular flexibility index (Phi) is 17.0. The molecule has 114 valence electrons. The first-order chi connectivity index (χ1) is 9.07. The Morgan fingerprint density at radius 3 is 1.85 bits per heavy atom. The molecule has 0 saturated carbocycles. The molecule has 0 aromatic carbocycles. The van der Waals surface area contributed by atoms with E-state index in [-0.39, 0.29) is 29.6 Å². The molecule has 0 aliphatic rings. The molecular weight excluding hydrogens is 267 g/mol. The summed E-state index contributed by atoms with van der Waals surface area (Å²) in [7, 11) is 0. The van der Waals surface area contributed by atoms with Crippen molar-refractivity contribution in [2.45, 2.75) is 84.2 Å². The van der Waals surface area contributed by atoms with E-state index in [4.69, 9.17) is 9.84 Å². The first-order valence-corrected chi connectivity index (χ1v) is 7.50. The van der Waals surface area contributed by atoms with Crippen molar-refractivity contribution in [1.29, 1.82) is 0 Å². The minimum absolute atomic E-state index is 0. The molecule has 0 bridgehead atoms. The van der Waals surface area contributed by atoms with E-state index in [2.05, 4.69) is 6.92 Å². The summed E-state index contributed by atoms with van der Waals surface area (Å²) >= 11 is 0. The quantitative estimate of drug-likeness (QED) is 0.341. The van der Waals surface area contributed by atoms with Crippen LogP contribution in [0, 0.1) is 0 Å². The van der Waals surface area contributed by atoms with Gasteiger partial charge in [-0.2, -0.15) is 0 Å². The molecule has 0 aliphatic heterocycles. The van der Waals surface area contributed by atoms with Crippen molar-refractivity contribution in [2.24, 2.45) is 0 Å². The molecule has 0 aromatic heterocycles. The SMILES string of the molecule is CCCCCCCCCCCC(=O)OC(C)C(=O)O.[NaH]. The second kappa shape index (κ2) is 15.3. The summed E-state index contributed by atoms with van der Waals surface area (Å²) in [6, 6.07) is 0. The topological polar surface area (TPSA) is 63.6 Å². The molecule has 0 heterocycles. The second-order valence-electron chi connectivity index (χ2n) is 5.05. The fraction of sp³-hybridized carbons (Fsp3) is 0.867. The average Bonchev–Trinajstić information content (AvgIpc) is 2.36. The van der Waals surface area contributed by atoms with Gasteiger partial charge in [-0.05, 0) is 13.3 Å². The number of carbonyl (C=O) groups is 2. The summed E-state index contributed by atoms with van der Waals surface area (Å²) in [5.41, 5.74) is 0. The molecule has 1 unspecified atom stereocenters. The van der Waals surface area contributed by atoms with Gasteiger partial charge in [-0.3, -0.25) is 4.79 Å². The first-order valence-electron chi connectivity index (χ1n) is 7.50. The zero-order valence-corrected chi connectivity index (χ0v) is 12.3. The molecule has 1 atom stereocenters. The van der Waals surface area contributed by atoms with Crippen LogP contribution in [0.15, 0.2) is 0 Å². The molecule has 0 aromatic rings. The van der Waals surface area contributed by atoms with Gasteiger partial charge in [0.1, 0.15) is 0 Å². The number of carboxylic acid groups (broad SMARTS) is 1. The van der Waals surface area contributed by atoms with Gasteiger partial charge in [0.2, 0.25) is 0 Å². The second-order valence-corrected chi connectivity index (χ2v) is 5.05. The third kappa shape index (κ3) is 14.4. The van der Waals surface area contributed by atoms with Crippen LogP contribution in [0.1, 0.15) is 78.1 Å². The van der Waals surface area contributed by atoms with Gasteiger partial charge in [-0.1, -0.05) is 58.3 Å². The van der Waals surface area contributed by atoms with Crippen LogP contribution in [0.25, 0.3) is 0 Å². The van der Waals surface area contributed by atoms with Crippen molar-refractivity contribution in [2.75, 3.05) is 0 Å². The Labute approximate surface area is 144 Å². The van der Waals surface area contributed by atoms with Gasteiger partial charge in [0.05, 0.1) is 0 Å². The molecule has 4 nitrogen and oxygen atoms in total. The summed E-state index contributed by atoms with van der Waals surface area (Å²) in [4.78, 5) is 21.8. The van der Waals surface area contributed by atoms with Crippen molar-refractivity contribution in [1.82, 2.24) is 0 Å². The normalized spacial score (nSPS) is 11.5. The molecule has 0 fully saturated rings. The van der Waals surface area contributed by atoms with Gasteiger partial charge < -0.3 is 9.84 Å². The van der Waals surface area contributed by atoms with E-state index in [0.29, 0.717) is 6.42 Å². The number of ether oxygens (including phenoxy) is 1. The Morgan fingerprint density at radius 1 is 0.950 bits per heavy atom. The van der Waals surface area contributed by atoms with Gasteiger partial charge in [0.15, 0.2) is 6.10 Å². The Morgan fingerprint density at radius 2 is 1.40 bits per heavy atom. The molecule has 0 saturated heterocycles. The fourth-order valence-electron chi connectivity index (χ4n) is 1.89. The van der Waals surface area contributed by atoms with Crippen molar-refractivity contribution < 1.29 is 19.4 Å². The van der Waals surface area contributed by atoms with E-state index in [1.54, 1.807) is 0 Å². The van der Waals surface area contributed by atoms with Crippen LogP contribution in [-0.4, -0.2) is 52.7 Å². The predicted octanol–water partition coefficient (Wildman–Crippen LogP) is 3.28. The first kappa shape index (κ1) is 22.2. The van der Waals surface area contributed by atoms with Crippen molar-refractivity contribution >= 4 is 41.5 Å². The maximum absolute atomic E-state index is 11.3. The van der Waals surface area contributed by atoms with Crippen LogP contribution in [0.5, 0.6) is 0 Å². The predicted molar refractivity (Wildman–Crippen MR) is 82.2 cm³/mol. The van der Waals surface area contributed by atoms with Crippen LogP contribution in [0.2, 0.25) is 0 Å². The number of carbonyl (C=O) groups excluding carboxylic acids is 1. The van der Waals surface area contributed by atoms with Gasteiger partial charge in [0, 0.05) is 6.42 Å². The van der Waals surface area contributed by atoms with Crippen LogP contribution < -0.4 is 0 Å². The van der Waals surface area contributed by atoms with Crippen molar-refractivity contribution in [3.05, 3.63) is 0 Å². The maximum atomic E-state index is 11.3. The number of esters is 1. The summed E-state index contributed by atoms with van der Waals surface area (Å²) in [5.74, 6) is -1.50. The summed E-state index contributed by atoms with van der Waals surface area (Å²) in [6.45, 7) is 3.58. The Balaban J connectivity index is 0. The molecule has 20 heavy (non-hydrogen) atoms. The van der Waals surface area contributed by atoms with Crippen LogP contribution in [-0.2, 0) is 14.3 Å². The number of aliphatic carboxylic acids is 1. The number of hydrogen-bond acceptors (Lipinski definition) is 3. The molecule has 1 N–H and O–H groups in total. The van der Waals surface area contributed by atoms with Gasteiger partial charge in [0.25, 0.3) is 0 Å².